The third-order valence-corrected chi connectivity index (χ3v) is 5.26. The normalized spacial score (nSPS) is 18.6. The van der Waals surface area contributed by atoms with Crippen LogP contribution in [0.15, 0.2) is 10.5 Å². The summed E-state index contributed by atoms with van der Waals surface area (Å²) < 4.78 is 12.8. The highest BCUT2D eigenvalue weighted by atomic mass is 79.9. The van der Waals surface area contributed by atoms with Gasteiger partial charge in [-0.1, -0.05) is 29.8 Å². The van der Waals surface area contributed by atoms with Crippen LogP contribution in [0.2, 0.25) is 0 Å². The third kappa shape index (κ3) is 3.49. The summed E-state index contributed by atoms with van der Waals surface area (Å²) in [4.78, 5) is 11.4. The first-order chi connectivity index (χ1) is 11.0. The van der Waals surface area contributed by atoms with Crippen LogP contribution < -0.4 is 9.47 Å². The second-order valence-electron chi connectivity index (χ2n) is 6.76. The Kier molecular flexibility index (Phi) is 4.85. The number of carbonyl (C=O) groups is 1. The fourth-order valence-electron chi connectivity index (χ4n) is 3.45. The van der Waals surface area contributed by atoms with E-state index in [1.807, 2.05) is 6.07 Å². The molecule has 3 rings (SSSR count). The summed E-state index contributed by atoms with van der Waals surface area (Å²) in [6.45, 7) is 5.55. The lowest BCUT2D eigenvalue weighted by atomic mass is 9.83. The number of benzene rings is 1. The Hall–Kier alpha value is -1.23. The summed E-state index contributed by atoms with van der Waals surface area (Å²) in [5.74, 6) is 1.59. The van der Waals surface area contributed by atoms with Crippen molar-refractivity contribution in [2.45, 2.75) is 51.4 Å². The molecule has 1 aliphatic carbocycles. The van der Waals surface area contributed by atoms with E-state index in [2.05, 4.69) is 29.8 Å². The second-order valence-corrected chi connectivity index (χ2v) is 7.61. The van der Waals surface area contributed by atoms with Crippen LogP contribution in [0.5, 0.6) is 11.5 Å². The van der Waals surface area contributed by atoms with Crippen LogP contribution >= 0.6 is 15.9 Å². The molecule has 126 valence electrons. The van der Waals surface area contributed by atoms with Crippen molar-refractivity contribution in [1.29, 1.82) is 0 Å². The molecule has 23 heavy (non-hydrogen) atoms. The lowest BCUT2D eigenvalue weighted by Crippen LogP contribution is -2.14. The van der Waals surface area contributed by atoms with Crippen LogP contribution in [0.3, 0.4) is 0 Å². The number of hydrogen-bond donors (Lipinski definition) is 1. The third-order valence-electron chi connectivity index (χ3n) is 4.60. The molecule has 0 radical (unpaired) electrons. The maximum atomic E-state index is 11.4. The van der Waals surface area contributed by atoms with Crippen LogP contribution in [-0.2, 0) is 4.79 Å². The van der Waals surface area contributed by atoms with Crippen molar-refractivity contribution in [3.63, 3.8) is 0 Å². The number of fused-ring (bicyclic) bond motifs is 1. The van der Waals surface area contributed by atoms with E-state index in [1.165, 1.54) is 0 Å². The maximum absolute atomic E-state index is 11.4. The Bertz CT molecular complexity index is 608. The number of ether oxygens (including phenoxy) is 2. The number of halogens is 1. The summed E-state index contributed by atoms with van der Waals surface area (Å²) in [6.07, 6.45) is 3.25. The summed E-state index contributed by atoms with van der Waals surface area (Å²) in [5.41, 5.74) is 2.21. The zero-order valence-corrected chi connectivity index (χ0v) is 15.2. The Morgan fingerprint density at radius 2 is 2.00 bits per heavy atom. The SMILES string of the molecule is CC(C)c1c2c(cc(Br)c1C(CC(=O)O)C1CC1)OCCCO2. The molecule has 0 aromatic heterocycles. The van der Waals surface area contributed by atoms with E-state index in [1.54, 1.807) is 0 Å². The van der Waals surface area contributed by atoms with Crippen molar-refractivity contribution in [3.8, 4) is 11.5 Å². The number of rotatable bonds is 5. The summed E-state index contributed by atoms with van der Waals surface area (Å²) >= 11 is 3.68. The molecule has 0 spiro atoms. The van der Waals surface area contributed by atoms with Crippen molar-refractivity contribution < 1.29 is 19.4 Å². The largest absolute Gasteiger partial charge is 0.490 e. The highest BCUT2D eigenvalue weighted by Crippen LogP contribution is 2.52. The van der Waals surface area contributed by atoms with E-state index in [-0.39, 0.29) is 18.3 Å². The van der Waals surface area contributed by atoms with E-state index in [0.29, 0.717) is 19.1 Å². The fraction of sp³-hybridized carbons (Fsp3) is 0.611. The molecule has 1 fully saturated rings. The standard InChI is InChI=1S/C18H23BrO4/c1-10(2)16-17(12(8-15(20)21)11-4-5-11)13(19)9-14-18(16)23-7-3-6-22-14/h9-12H,3-8H2,1-2H3,(H,20,21). The topological polar surface area (TPSA) is 55.8 Å². The van der Waals surface area contributed by atoms with E-state index in [9.17, 15) is 9.90 Å². The molecule has 2 aliphatic rings. The van der Waals surface area contributed by atoms with Gasteiger partial charge in [0.05, 0.1) is 19.6 Å². The van der Waals surface area contributed by atoms with E-state index < -0.39 is 5.97 Å². The summed E-state index contributed by atoms with van der Waals surface area (Å²) in [7, 11) is 0. The average Bonchev–Trinajstić information content (AvgIpc) is 3.30. The van der Waals surface area contributed by atoms with Gasteiger partial charge in [0.25, 0.3) is 0 Å². The Morgan fingerprint density at radius 1 is 1.30 bits per heavy atom. The molecule has 1 aromatic carbocycles. The van der Waals surface area contributed by atoms with Crippen molar-refractivity contribution in [2.24, 2.45) is 5.92 Å². The molecule has 1 atom stereocenters. The Morgan fingerprint density at radius 3 is 2.61 bits per heavy atom. The number of hydrogen-bond acceptors (Lipinski definition) is 3. The van der Waals surface area contributed by atoms with Crippen molar-refractivity contribution >= 4 is 21.9 Å². The van der Waals surface area contributed by atoms with E-state index >= 15 is 0 Å². The van der Waals surface area contributed by atoms with Gasteiger partial charge in [-0.2, -0.15) is 0 Å². The molecular weight excluding hydrogens is 360 g/mol. The minimum Gasteiger partial charge on any atom is -0.490 e. The van der Waals surface area contributed by atoms with Gasteiger partial charge >= 0.3 is 5.97 Å². The van der Waals surface area contributed by atoms with Gasteiger partial charge in [0, 0.05) is 16.5 Å². The van der Waals surface area contributed by atoms with Gasteiger partial charge in [-0.25, -0.2) is 0 Å². The zero-order valence-electron chi connectivity index (χ0n) is 13.6. The molecule has 1 heterocycles. The Labute approximate surface area is 145 Å². The van der Waals surface area contributed by atoms with Crippen LogP contribution in [0.4, 0.5) is 0 Å². The van der Waals surface area contributed by atoms with Gasteiger partial charge in [-0.15, -0.1) is 0 Å². The van der Waals surface area contributed by atoms with Crippen molar-refractivity contribution in [2.75, 3.05) is 13.2 Å². The van der Waals surface area contributed by atoms with Gasteiger partial charge in [0.1, 0.15) is 0 Å². The van der Waals surface area contributed by atoms with Gasteiger partial charge in [-0.05, 0) is 42.2 Å². The van der Waals surface area contributed by atoms with Crippen molar-refractivity contribution in [1.82, 2.24) is 0 Å². The number of carboxylic acid groups (broad SMARTS) is 1. The van der Waals surface area contributed by atoms with Crippen LogP contribution in [0, 0.1) is 5.92 Å². The first-order valence-corrected chi connectivity index (χ1v) is 9.12. The number of aliphatic carboxylic acids is 1. The van der Waals surface area contributed by atoms with Gasteiger partial charge < -0.3 is 14.6 Å². The van der Waals surface area contributed by atoms with Crippen LogP contribution in [0.1, 0.15) is 62.5 Å². The Balaban J connectivity index is 2.14. The molecule has 1 aliphatic heterocycles. The highest BCUT2D eigenvalue weighted by molar-refractivity contribution is 9.10. The monoisotopic (exact) mass is 382 g/mol. The first kappa shape index (κ1) is 16.6. The molecule has 1 saturated carbocycles. The molecule has 0 bridgehead atoms. The average molecular weight is 383 g/mol. The van der Waals surface area contributed by atoms with Gasteiger partial charge in [-0.3, -0.25) is 4.79 Å². The first-order valence-electron chi connectivity index (χ1n) is 8.32. The smallest absolute Gasteiger partial charge is 0.303 e. The molecule has 4 nitrogen and oxygen atoms in total. The second kappa shape index (κ2) is 6.71. The van der Waals surface area contributed by atoms with Crippen molar-refractivity contribution in [3.05, 3.63) is 21.7 Å². The van der Waals surface area contributed by atoms with E-state index in [4.69, 9.17) is 9.47 Å². The lowest BCUT2D eigenvalue weighted by Gasteiger charge is -2.26. The molecular formula is C18H23BrO4. The van der Waals surface area contributed by atoms with Gasteiger partial charge in [0.15, 0.2) is 11.5 Å². The molecule has 1 aromatic rings. The zero-order chi connectivity index (χ0) is 16.6. The quantitative estimate of drug-likeness (QED) is 0.801. The predicted molar refractivity (Wildman–Crippen MR) is 91.6 cm³/mol. The van der Waals surface area contributed by atoms with Crippen LogP contribution in [0.25, 0.3) is 0 Å². The van der Waals surface area contributed by atoms with E-state index in [0.717, 1.165) is 46.4 Å². The number of carboxylic acids is 1. The molecule has 1 N–H and O–H groups in total. The summed E-state index contributed by atoms with van der Waals surface area (Å²) in [6, 6.07) is 1.96. The molecule has 1 unspecified atom stereocenters. The summed E-state index contributed by atoms with van der Waals surface area (Å²) in [5, 5.41) is 9.35. The fourth-order valence-corrected chi connectivity index (χ4v) is 4.17. The van der Waals surface area contributed by atoms with Gasteiger partial charge in [0.2, 0.25) is 0 Å². The highest BCUT2D eigenvalue weighted by Gasteiger charge is 2.38. The molecule has 5 heteroatoms. The molecule has 0 amide bonds. The maximum Gasteiger partial charge on any atom is 0.303 e. The lowest BCUT2D eigenvalue weighted by molar-refractivity contribution is -0.137. The minimum atomic E-state index is -0.740. The predicted octanol–water partition coefficient (Wildman–Crippen LogP) is 4.70. The van der Waals surface area contributed by atoms with Crippen LogP contribution in [-0.4, -0.2) is 24.3 Å². The molecule has 0 saturated heterocycles. The minimum absolute atomic E-state index is 0.0384.